The number of fused-ring (bicyclic) bond motifs is 1. The lowest BCUT2D eigenvalue weighted by Crippen LogP contribution is -2.50. The van der Waals surface area contributed by atoms with E-state index in [9.17, 15) is 14.4 Å². The Balaban J connectivity index is 1.55. The first-order valence-corrected chi connectivity index (χ1v) is 12.1. The molecule has 1 saturated carbocycles. The standard InChI is InChI=1S/C24H36N6O4/c1-3-26-24(33)28-23-27-20-12-11-19(14-17(20)15-30(23)16-21(25)31)34-13-7-10-22(32)29(2)18-8-5-4-6-9-18/h11-12,14,18H,3-10,13,15-16H2,1-2H3,(H2,25,31)(H2,26,27,28,33). The van der Waals surface area contributed by atoms with Crippen LogP contribution in [0, 0.1) is 0 Å². The van der Waals surface area contributed by atoms with Crippen molar-refractivity contribution >= 4 is 29.5 Å². The third-order valence-corrected chi connectivity index (χ3v) is 6.17. The minimum absolute atomic E-state index is 0.0770. The molecule has 1 aliphatic carbocycles. The molecule has 1 fully saturated rings. The van der Waals surface area contributed by atoms with Crippen LogP contribution in [0.25, 0.3) is 0 Å². The van der Waals surface area contributed by atoms with Crippen LogP contribution in [0.5, 0.6) is 5.75 Å². The minimum Gasteiger partial charge on any atom is -0.494 e. The molecular formula is C24H36N6O4. The van der Waals surface area contributed by atoms with E-state index >= 15 is 0 Å². The summed E-state index contributed by atoms with van der Waals surface area (Å²) < 4.78 is 5.88. The number of guanidine groups is 1. The second kappa shape index (κ2) is 12.2. The summed E-state index contributed by atoms with van der Waals surface area (Å²) in [6.45, 7) is 2.99. The Labute approximate surface area is 200 Å². The van der Waals surface area contributed by atoms with Gasteiger partial charge in [-0.2, -0.15) is 0 Å². The molecule has 1 aromatic carbocycles. The maximum atomic E-state index is 12.5. The average molecular weight is 473 g/mol. The van der Waals surface area contributed by atoms with E-state index < -0.39 is 11.9 Å². The quantitative estimate of drug-likeness (QED) is 0.475. The molecule has 0 bridgehead atoms. The van der Waals surface area contributed by atoms with Gasteiger partial charge in [-0.05, 0) is 44.4 Å². The number of nitrogens with zero attached hydrogens (tertiary/aromatic N) is 3. The largest absolute Gasteiger partial charge is 0.494 e. The van der Waals surface area contributed by atoms with Crippen molar-refractivity contribution in [2.24, 2.45) is 10.7 Å². The second-order valence-electron chi connectivity index (χ2n) is 8.78. The maximum absolute atomic E-state index is 12.5. The molecule has 0 radical (unpaired) electrons. The van der Waals surface area contributed by atoms with Crippen LogP contribution in [0.2, 0.25) is 0 Å². The number of carbonyl (C=O) groups is 3. The van der Waals surface area contributed by atoms with Gasteiger partial charge in [0.2, 0.25) is 17.8 Å². The fourth-order valence-electron chi connectivity index (χ4n) is 4.35. The molecule has 10 heteroatoms. The van der Waals surface area contributed by atoms with Crippen LogP contribution in [0.15, 0.2) is 23.2 Å². The van der Waals surface area contributed by atoms with E-state index in [1.54, 1.807) is 4.90 Å². The summed E-state index contributed by atoms with van der Waals surface area (Å²) in [6, 6.07) is 5.47. The highest BCUT2D eigenvalue weighted by molar-refractivity contribution is 5.99. The third kappa shape index (κ3) is 7.10. The van der Waals surface area contributed by atoms with Crippen molar-refractivity contribution in [3.05, 3.63) is 23.8 Å². The fraction of sp³-hybridized carbons (Fsp3) is 0.583. The zero-order valence-corrected chi connectivity index (χ0v) is 20.1. The number of ether oxygens (including phenoxy) is 1. The van der Waals surface area contributed by atoms with E-state index in [1.165, 1.54) is 19.3 Å². The number of urea groups is 1. The zero-order valence-electron chi connectivity index (χ0n) is 20.1. The molecule has 4 N–H and O–H groups in total. The Hall–Kier alpha value is -3.30. The average Bonchev–Trinajstić information content (AvgIpc) is 2.82. The number of nitrogens with one attached hydrogen (secondary N) is 2. The summed E-state index contributed by atoms with van der Waals surface area (Å²) in [6.07, 6.45) is 6.98. The number of nitrogens with two attached hydrogens (primary N) is 1. The Morgan fingerprint density at radius 2 is 2.00 bits per heavy atom. The highest BCUT2D eigenvalue weighted by Crippen LogP contribution is 2.29. The van der Waals surface area contributed by atoms with Crippen LogP contribution in [-0.2, 0) is 16.1 Å². The van der Waals surface area contributed by atoms with Gasteiger partial charge in [-0.15, -0.1) is 0 Å². The lowest BCUT2D eigenvalue weighted by atomic mass is 9.94. The molecule has 34 heavy (non-hydrogen) atoms. The van der Waals surface area contributed by atoms with Crippen LogP contribution >= 0.6 is 0 Å². The van der Waals surface area contributed by atoms with Gasteiger partial charge in [0.05, 0.1) is 18.8 Å². The normalized spacial score (nSPS) is 15.7. The number of hydrogen-bond acceptors (Lipinski definition) is 6. The minimum atomic E-state index is -0.524. The summed E-state index contributed by atoms with van der Waals surface area (Å²) in [5.41, 5.74) is 6.92. The van der Waals surface area contributed by atoms with E-state index in [4.69, 9.17) is 10.5 Å². The van der Waals surface area contributed by atoms with E-state index in [0.29, 0.717) is 50.0 Å². The van der Waals surface area contributed by atoms with Gasteiger partial charge in [0.1, 0.15) is 5.75 Å². The van der Waals surface area contributed by atoms with E-state index in [2.05, 4.69) is 15.6 Å². The molecule has 1 aromatic rings. The third-order valence-electron chi connectivity index (χ3n) is 6.17. The van der Waals surface area contributed by atoms with Crippen molar-refractivity contribution in [1.82, 2.24) is 20.4 Å². The molecule has 2 aliphatic rings. The lowest BCUT2D eigenvalue weighted by Gasteiger charge is -2.31. The zero-order chi connectivity index (χ0) is 24.5. The summed E-state index contributed by atoms with van der Waals surface area (Å²) in [5, 5.41) is 5.31. The van der Waals surface area contributed by atoms with Gasteiger partial charge in [0, 0.05) is 38.2 Å². The summed E-state index contributed by atoms with van der Waals surface area (Å²) in [7, 11) is 1.91. The van der Waals surface area contributed by atoms with Gasteiger partial charge in [0.15, 0.2) is 0 Å². The number of hydrogen-bond donors (Lipinski definition) is 3. The van der Waals surface area contributed by atoms with Crippen molar-refractivity contribution in [3.8, 4) is 5.75 Å². The summed E-state index contributed by atoms with van der Waals surface area (Å²) >= 11 is 0. The smallest absolute Gasteiger partial charge is 0.321 e. The summed E-state index contributed by atoms with van der Waals surface area (Å²) in [4.78, 5) is 44.0. The van der Waals surface area contributed by atoms with Gasteiger partial charge in [0.25, 0.3) is 0 Å². The predicted octanol–water partition coefficient (Wildman–Crippen LogP) is 2.24. The Morgan fingerprint density at radius 1 is 1.24 bits per heavy atom. The fourth-order valence-corrected chi connectivity index (χ4v) is 4.35. The van der Waals surface area contributed by atoms with Crippen molar-refractivity contribution in [2.75, 3.05) is 26.7 Å². The topological polar surface area (TPSA) is 129 Å². The number of benzene rings is 1. The molecule has 0 saturated heterocycles. The number of carbonyl (C=O) groups excluding carboxylic acids is 3. The predicted molar refractivity (Wildman–Crippen MR) is 130 cm³/mol. The number of amides is 4. The number of primary amides is 1. The van der Waals surface area contributed by atoms with Crippen LogP contribution in [0.1, 0.15) is 57.4 Å². The molecule has 4 amide bonds. The second-order valence-corrected chi connectivity index (χ2v) is 8.78. The van der Waals surface area contributed by atoms with Crippen LogP contribution in [-0.4, -0.2) is 66.4 Å². The highest BCUT2D eigenvalue weighted by atomic mass is 16.5. The van der Waals surface area contributed by atoms with E-state index in [-0.39, 0.29) is 18.4 Å². The molecular weight excluding hydrogens is 436 g/mol. The Bertz CT molecular complexity index is 913. The first-order chi connectivity index (χ1) is 16.4. The van der Waals surface area contributed by atoms with Gasteiger partial charge in [-0.3, -0.25) is 14.9 Å². The van der Waals surface area contributed by atoms with Crippen molar-refractivity contribution in [1.29, 1.82) is 0 Å². The molecule has 0 atom stereocenters. The molecule has 10 nitrogen and oxygen atoms in total. The molecule has 1 heterocycles. The Morgan fingerprint density at radius 3 is 2.71 bits per heavy atom. The number of rotatable bonds is 9. The molecule has 0 unspecified atom stereocenters. The van der Waals surface area contributed by atoms with Crippen molar-refractivity contribution < 1.29 is 19.1 Å². The van der Waals surface area contributed by atoms with Gasteiger partial charge in [-0.25, -0.2) is 9.79 Å². The van der Waals surface area contributed by atoms with Crippen LogP contribution < -0.4 is 21.1 Å². The Kier molecular flexibility index (Phi) is 9.12. The van der Waals surface area contributed by atoms with Gasteiger partial charge < -0.3 is 25.6 Å². The molecule has 1 aliphatic heterocycles. The van der Waals surface area contributed by atoms with Crippen molar-refractivity contribution in [2.45, 2.75) is 64.5 Å². The maximum Gasteiger partial charge on any atom is 0.321 e. The molecule has 3 rings (SSSR count). The molecule has 0 spiro atoms. The first-order valence-electron chi connectivity index (χ1n) is 12.1. The SMILES string of the molecule is CCNC(=O)NC1=Nc2ccc(OCCCC(=O)N(C)C3CCCCC3)cc2CN1CC(N)=O. The van der Waals surface area contributed by atoms with E-state index in [1.807, 2.05) is 37.1 Å². The van der Waals surface area contributed by atoms with Gasteiger partial charge in [-0.1, -0.05) is 19.3 Å². The van der Waals surface area contributed by atoms with Crippen LogP contribution in [0.4, 0.5) is 10.5 Å². The number of aliphatic imine (C=N–C) groups is 1. The monoisotopic (exact) mass is 472 g/mol. The van der Waals surface area contributed by atoms with Gasteiger partial charge >= 0.3 is 6.03 Å². The van der Waals surface area contributed by atoms with Crippen molar-refractivity contribution in [3.63, 3.8) is 0 Å². The lowest BCUT2D eigenvalue weighted by molar-refractivity contribution is -0.132. The van der Waals surface area contributed by atoms with Crippen LogP contribution in [0.3, 0.4) is 0 Å². The highest BCUT2D eigenvalue weighted by Gasteiger charge is 2.24. The van der Waals surface area contributed by atoms with E-state index in [0.717, 1.165) is 18.4 Å². The first kappa shape index (κ1) is 25.3. The summed E-state index contributed by atoms with van der Waals surface area (Å²) in [5.74, 6) is 0.585. The molecule has 0 aromatic heterocycles. The molecule has 186 valence electrons.